The minimum atomic E-state index is -0.486. The molecular formula is C19H16BrClN4O3. The van der Waals surface area contributed by atoms with Crippen molar-refractivity contribution in [1.29, 1.82) is 0 Å². The van der Waals surface area contributed by atoms with Crippen molar-refractivity contribution in [3.8, 4) is 11.5 Å². The summed E-state index contributed by atoms with van der Waals surface area (Å²) in [7, 11) is 1.45. The number of benzene rings is 2. The van der Waals surface area contributed by atoms with Crippen molar-refractivity contribution < 1.29 is 14.6 Å². The third kappa shape index (κ3) is 4.71. The Morgan fingerprint density at radius 3 is 2.82 bits per heavy atom. The van der Waals surface area contributed by atoms with E-state index in [1.807, 2.05) is 12.1 Å². The summed E-state index contributed by atoms with van der Waals surface area (Å²) in [5.74, 6) is -0.226. The SMILES string of the molecule is COc1cccc(/C=N\NC(=O)c2nn(Cc3ccc(Cl)cc3)cc2Br)c1O. The van der Waals surface area contributed by atoms with Crippen LogP contribution >= 0.6 is 27.5 Å². The highest BCUT2D eigenvalue weighted by Crippen LogP contribution is 2.27. The first kappa shape index (κ1) is 19.9. The van der Waals surface area contributed by atoms with Crippen LogP contribution in [0.5, 0.6) is 11.5 Å². The molecule has 0 saturated heterocycles. The first-order valence-corrected chi connectivity index (χ1v) is 9.32. The molecule has 1 aromatic heterocycles. The molecule has 0 aliphatic rings. The fourth-order valence-corrected chi connectivity index (χ4v) is 3.05. The molecule has 0 aliphatic heterocycles. The van der Waals surface area contributed by atoms with Crippen LogP contribution in [-0.2, 0) is 6.54 Å². The minimum Gasteiger partial charge on any atom is -0.504 e. The van der Waals surface area contributed by atoms with E-state index in [0.717, 1.165) is 5.56 Å². The van der Waals surface area contributed by atoms with Crippen LogP contribution in [0.1, 0.15) is 21.6 Å². The summed E-state index contributed by atoms with van der Waals surface area (Å²) in [6.45, 7) is 0.490. The zero-order chi connectivity index (χ0) is 20.1. The van der Waals surface area contributed by atoms with E-state index >= 15 is 0 Å². The normalized spacial score (nSPS) is 11.0. The predicted molar refractivity (Wildman–Crippen MR) is 110 cm³/mol. The van der Waals surface area contributed by atoms with Gasteiger partial charge in [0.1, 0.15) is 0 Å². The van der Waals surface area contributed by atoms with E-state index in [4.69, 9.17) is 16.3 Å². The summed E-state index contributed by atoms with van der Waals surface area (Å²) in [6, 6.07) is 12.3. The van der Waals surface area contributed by atoms with Gasteiger partial charge < -0.3 is 9.84 Å². The van der Waals surface area contributed by atoms with Gasteiger partial charge in [-0.25, -0.2) is 5.43 Å². The van der Waals surface area contributed by atoms with Gasteiger partial charge in [-0.3, -0.25) is 9.48 Å². The molecule has 2 aromatic carbocycles. The third-order valence-electron chi connectivity index (χ3n) is 3.81. The van der Waals surface area contributed by atoms with Gasteiger partial charge in [-0.2, -0.15) is 10.2 Å². The lowest BCUT2D eigenvalue weighted by atomic mass is 10.2. The Hall–Kier alpha value is -2.84. The van der Waals surface area contributed by atoms with Crippen LogP contribution in [0.25, 0.3) is 0 Å². The lowest BCUT2D eigenvalue weighted by Gasteiger charge is -2.04. The van der Waals surface area contributed by atoms with Crippen molar-refractivity contribution in [3.05, 3.63) is 75.0 Å². The summed E-state index contributed by atoms with van der Waals surface area (Å²) in [5.41, 5.74) is 4.00. The Kier molecular flexibility index (Phi) is 6.33. The van der Waals surface area contributed by atoms with Gasteiger partial charge in [-0.1, -0.05) is 29.8 Å². The van der Waals surface area contributed by atoms with E-state index in [1.165, 1.54) is 13.3 Å². The molecule has 3 aromatic rings. The quantitative estimate of drug-likeness (QED) is 0.430. The number of nitrogens with zero attached hydrogens (tertiary/aromatic N) is 3. The first-order valence-electron chi connectivity index (χ1n) is 8.14. The maximum absolute atomic E-state index is 12.3. The van der Waals surface area contributed by atoms with E-state index in [0.29, 0.717) is 27.4 Å². The van der Waals surface area contributed by atoms with Gasteiger partial charge in [0.15, 0.2) is 17.2 Å². The Morgan fingerprint density at radius 2 is 2.11 bits per heavy atom. The van der Waals surface area contributed by atoms with Gasteiger partial charge in [0.05, 0.1) is 24.3 Å². The summed E-state index contributed by atoms with van der Waals surface area (Å²) >= 11 is 9.22. The van der Waals surface area contributed by atoms with E-state index in [1.54, 1.807) is 41.2 Å². The van der Waals surface area contributed by atoms with Crippen molar-refractivity contribution in [2.75, 3.05) is 7.11 Å². The highest BCUT2D eigenvalue weighted by atomic mass is 79.9. The summed E-state index contributed by atoms with van der Waals surface area (Å²) < 4.78 is 7.21. The van der Waals surface area contributed by atoms with E-state index in [-0.39, 0.29) is 11.4 Å². The molecule has 0 unspecified atom stereocenters. The molecule has 0 bridgehead atoms. The molecule has 0 saturated carbocycles. The molecule has 0 atom stereocenters. The fraction of sp³-hybridized carbons (Fsp3) is 0.105. The molecule has 2 N–H and O–H groups in total. The molecular weight excluding hydrogens is 448 g/mol. The smallest absolute Gasteiger partial charge is 0.293 e. The molecule has 3 rings (SSSR count). The summed E-state index contributed by atoms with van der Waals surface area (Å²) in [4.78, 5) is 12.3. The number of methoxy groups -OCH3 is 1. The molecule has 1 amide bonds. The third-order valence-corrected chi connectivity index (χ3v) is 4.64. The minimum absolute atomic E-state index is 0.0589. The van der Waals surface area contributed by atoms with Crippen molar-refractivity contribution >= 4 is 39.7 Å². The molecule has 0 aliphatic carbocycles. The highest BCUT2D eigenvalue weighted by molar-refractivity contribution is 9.10. The maximum atomic E-state index is 12.3. The fourth-order valence-electron chi connectivity index (χ4n) is 2.43. The molecule has 0 fully saturated rings. The second-order valence-corrected chi connectivity index (χ2v) is 7.04. The molecule has 7 nitrogen and oxygen atoms in total. The van der Waals surface area contributed by atoms with Gasteiger partial charge in [-0.05, 0) is 45.8 Å². The van der Waals surface area contributed by atoms with Crippen LogP contribution in [-0.4, -0.2) is 34.1 Å². The Balaban J connectivity index is 1.68. The number of aromatic hydroxyl groups is 1. The Morgan fingerprint density at radius 1 is 1.36 bits per heavy atom. The predicted octanol–water partition coefficient (Wildman–Crippen LogP) is 3.83. The molecule has 9 heteroatoms. The van der Waals surface area contributed by atoms with Crippen LogP contribution in [0.15, 0.2) is 58.2 Å². The number of ether oxygens (including phenoxy) is 1. The molecule has 144 valence electrons. The standard InChI is InChI=1S/C19H16BrClN4O3/c1-28-16-4-2-3-13(18(16)26)9-22-23-19(27)17-15(20)11-25(24-17)10-12-5-7-14(21)8-6-12/h2-9,11,26H,10H2,1H3,(H,23,27)/b22-9-. The van der Waals surface area contributed by atoms with Crippen molar-refractivity contribution in [2.24, 2.45) is 5.10 Å². The van der Waals surface area contributed by atoms with E-state index in [9.17, 15) is 9.90 Å². The summed E-state index contributed by atoms with van der Waals surface area (Å²) in [6.07, 6.45) is 3.04. The van der Waals surface area contributed by atoms with Crippen LogP contribution in [0.3, 0.4) is 0 Å². The van der Waals surface area contributed by atoms with E-state index in [2.05, 4.69) is 31.6 Å². The van der Waals surface area contributed by atoms with Gasteiger partial charge in [-0.15, -0.1) is 0 Å². The average molecular weight is 464 g/mol. The van der Waals surface area contributed by atoms with Gasteiger partial charge >= 0.3 is 0 Å². The monoisotopic (exact) mass is 462 g/mol. The maximum Gasteiger partial charge on any atom is 0.293 e. The molecule has 0 radical (unpaired) electrons. The second-order valence-electron chi connectivity index (χ2n) is 5.75. The zero-order valence-corrected chi connectivity index (χ0v) is 17.1. The van der Waals surface area contributed by atoms with Crippen molar-refractivity contribution in [3.63, 3.8) is 0 Å². The number of amides is 1. The van der Waals surface area contributed by atoms with Crippen LogP contribution < -0.4 is 10.2 Å². The number of hydrogen-bond donors (Lipinski definition) is 2. The largest absolute Gasteiger partial charge is 0.504 e. The lowest BCUT2D eigenvalue weighted by Crippen LogP contribution is -2.19. The number of carbonyl (C=O) groups excluding carboxylic acids is 1. The molecule has 28 heavy (non-hydrogen) atoms. The highest BCUT2D eigenvalue weighted by Gasteiger charge is 2.15. The van der Waals surface area contributed by atoms with Gasteiger partial charge in [0.25, 0.3) is 5.91 Å². The first-order chi connectivity index (χ1) is 13.5. The van der Waals surface area contributed by atoms with E-state index < -0.39 is 5.91 Å². The van der Waals surface area contributed by atoms with Gasteiger partial charge in [0, 0.05) is 16.8 Å². The van der Waals surface area contributed by atoms with Crippen LogP contribution in [0.4, 0.5) is 0 Å². The lowest BCUT2D eigenvalue weighted by molar-refractivity contribution is 0.0948. The number of hydrazone groups is 1. The summed E-state index contributed by atoms with van der Waals surface area (Å²) in [5, 5.41) is 18.8. The van der Waals surface area contributed by atoms with Crippen LogP contribution in [0, 0.1) is 0 Å². The number of aromatic nitrogens is 2. The average Bonchev–Trinajstić information content (AvgIpc) is 3.05. The number of rotatable bonds is 6. The van der Waals surface area contributed by atoms with Crippen molar-refractivity contribution in [2.45, 2.75) is 6.54 Å². The second kappa shape index (κ2) is 8.90. The Labute approximate surface area is 174 Å². The number of phenolic OH excluding ortho intramolecular Hbond substituents is 1. The van der Waals surface area contributed by atoms with Gasteiger partial charge in [0.2, 0.25) is 0 Å². The number of carbonyl (C=O) groups is 1. The number of phenols is 1. The van der Waals surface area contributed by atoms with Crippen LogP contribution in [0.2, 0.25) is 5.02 Å². The zero-order valence-electron chi connectivity index (χ0n) is 14.8. The Bertz CT molecular complexity index is 1020. The number of nitrogens with one attached hydrogen (secondary N) is 1. The number of hydrogen-bond acceptors (Lipinski definition) is 5. The van der Waals surface area contributed by atoms with Crippen molar-refractivity contribution in [1.82, 2.24) is 15.2 Å². The topological polar surface area (TPSA) is 88.7 Å². The molecule has 1 heterocycles. The number of halogens is 2. The number of para-hydroxylation sites is 1. The molecule has 0 spiro atoms.